The lowest BCUT2D eigenvalue weighted by Crippen LogP contribution is -2.65. The van der Waals surface area contributed by atoms with Gasteiger partial charge in [0.15, 0.2) is 11.8 Å². The number of amides is 2. The van der Waals surface area contributed by atoms with Crippen molar-refractivity contribution in [3.8, 4) is 5.75 Å². The molecule has 0 aliphatic carbocycles. The summed E-state index contributed by atoms with van der Waals surface area (Å²) in [4.78, 5) is 39.1. The fourth-order valence-electron chi connectivity index (χ4n) is 2.91. The third kappa shape index (κ3) is 4.09. The number of β-lactam (4-membered cyclic amide) rings is 1. The first kappa shape index (κ1) is 20.4. The molecule has 1 fully saturated rings. The summed E-state index contributed by atoms with van der Waals surface area (Å²) < 4.78 is 4.80. The second kappa shape index (κ2) is 8.38. The summed E-state index contributed by atoms with van der Waals surface area (Å²) in [5.74, 6) is -1.69. The lowest BCUT2D eigenvalue weighted by Gasteiger charge is -2.42. The van der Waals surface area contributed by atoms with Crippen LogP contribution in [0, 0.1) is 0 Å². The van der Waals surface area contributed by atoms with Crippen LogP contribution >= 0.6 is 34.5 Å². The zero-order valence-electron chi connectivity index (χ0n) is 14.6. The normalized spacial score (nSPS) is 17.0. The number of esters is 1. The van der Waals surface area contributed by atoms with Crippen molar-refractivity contribution in [3.63, 3.8) is 0 Å². The number of likely N-dealkylation sites (tertiary alicyclic amines) is 1. The highest BCUT2D eigenvalue weighted by molar-refractivity contribution is 7.10. The standard InChI is InChI=1S/C18H16Cl2N2O5S/c1-27-18(26)15(9-5-11(19)16(24)12(20)6-9)22-8-13(17(22)25)21-14(23)7-10-3-2-4-28-10/h2-6,13,15,24H,7-8H2,1H3,(H,21,23). The number of halogens is 2. The van der Waals surface area contributed by atoms with Gasteiger partial charge in [0.2, 0.25) is 11.8 Å². The van der Waals surface area contributed by atoms with Gasteiger partial charge in [-0.25, -0.2) is 4.79 Å². The van der Waals surface area contributed by atoms with E-state index in [0.717, 1.165) is 4.88 Å². The second-order valence-corrected chi connectivity index (χ2v) is 7.97. The molecule has 148 valence electrons. The summed E-state index contributed by atoms with van der Waals surface area (Å²) >= 11 is 13.3. The lowest BCUT2D eigenvalue weighted by atomic mass is 9.98. The molecule has 10 heteroatoms. The molecule has 2 heterocycles. The molecule has 2 N–H and O–H groups in total. The Labute approximate surface area is 174 Å². The number of hydrogen-bond acceptors (Lipinski definition) is 6. The number of nitrogens with one attached hydrogen (secondary N) is 1. The van der Waals surface area contributed by atoms with Crippen molar-refractivity contribution in [1.29, 1.82) is 0 Å². The molecule has 28 heavy (non-hydrogen) atoms. The minimum atomic E-state index is -1.08. The third-order valence-corrected chi connectivity index (χ3v) is 5.75. The van der Waals surface area contributed by atoms with Crippen LogP contribution in [0.15, 0.2) is 29.6 Å². The number of phenolic OH excluding ortho intramolecular Hbond substituents is 1. The number of phenols is 1. The molecule has 2 aromatic rings. The van der Waals surface area contributed by atoms with E-state index in [2.05, 4.69) is 5.32 Å². The van der Waals surface area contributed by atoms with Gasteiger partial charge in [0.05, 0.1) is 30.1 Å². The van der Waals surface area contributed by atoms with E-state index in [0.29, 0.717) is 5.56 Å². The van der Waals surface area contributed by atoms with Crippen molar-refractivity contribution in [1.82, 2.24) is 10.2 Å². The third-order valence-electron chi connectivity index (χ3n) is 4.30. The van der Waals surface area contributed by atoms with E-state index in [4.69, 9.17) is 27.9 Å². The number of hydrogen-bond donors (Lipinski definition) is 2. The summed E-state index contributed by atoms with van der Waals surface area (Å²) in [6, 6.07) is 4.57. The van der Waals surface area contributed by atoms with Crippen LogP contribution in [0.2, 0.25) is 10.0 Å². The molecule has 2 unspecified atom stereocenters. The van der Waals surface area contributed by atoms with Crippen LogP contribution in [0.1, 0.15) is 16.5 Å². The number of benzene rings is 1. The van der Waals surface area contributed by atoms with Gasteiger partial charge in [-0.3, -0.25) is 9.59 Å². The van der Waals surface area contributed by atoms with Crippen LogP contribution in [0.4, 0.5) is 0 Å². The molecule has 0 bridgehead atoms. The quantitative estimate of drug-likeness (QED) is 0.529. The van der Waals surface area contributed by atoms with Gasteiger partial charge in [-0.15, -0.1) is 11.3 Å². The maximum absolute atomic E-state index is 12.6. The number of aromatic hydroxyl groups is 1. The first-order chi connectivity index (χ1) is 13.3. The molecule has 1 aliphatic heterocycles. The molecule has 0 saturated carbocycles. The number of methoxy groups -OCH3 is 1. The Kier molecular flexibility index (Phi) is 6.12. The fourth-order valence-corrected chi connectivity index (χ4v) is 4.11. The van der Waals surface area contributed by atoms with Gasteiger partial charge >= 0.3 is 5.97 Å². The first-order valence-electron chi connectivity index (χ1n) is 8.19. The van der Waals surface area contributed by atoms with E-state index < -0.39 is 24.0 Å². The van der Waals surface area contributed by atoms with E-state index in [1.165, 1.54) is 35.5 Å². The molecular formula is C18H16Cl2N2O5S. The van der Waals surface area contributed by atoms with Crippen LogP contribution in [-0.2, 0) is 25.5 Å². The number of rotatable bonds is 6. The van der Waals surface area contributed by atoms with Crippen molar-refractivity contribution in [2.75, 3.05) is 13.7 Å². The smallest absolute Gasteiger partial charge is 0.333 e. The Bertz CT molecular complexity index is 896. The van der Waals surface area contributed by atoms with Gasteiger partial charge in [-0.1, -0.05) is 29.3 Å². The van der Waals surface area contributed by atoms with Crippen LogP contribution < -0.4 is 5.32 Å². The number of carbonyl (C=O) groups is 3. The van der Waals surface area contributed by atoms with Crippen LogP contribution in [0.5, 0.6) is 5.75 Å². The molecule has 7 nitrogen and oxygen atoms in total. The van der Waals surface area contributed by atoms with Crippen molar-refractivity contribution in [3.05, 3.63) is 50.1 Å². The highest BCUT2D eigenvalue weighted by atomic mass is 35.5. The summed E-state index contributed by atoms with van der Waals surface area (Å²) in [6.45, 7) is 0.130. The molecule has 1 aromatic carbocycles. The molecule has 0 spiro atoms. The zero-order valence-corrected chi connectivity index (χ0v) is 17.0. The monoisotopic (exact) mass is 442 g/mol. The van der Waals surface area contributed by atoms with Crippen LogP contribution in [0.25, 0.3) is 0 Å². The van der Waals surface area contributed by atoms with Gasteiger partial charge in [-0.2, -0.15) is 0 Å². The van der Waals surface area contributed by atoms with Gasteiger partial charge in [0, 0.05) is 4.88 Å². The Morgan fingerprint density at radius 3 is 2.61 bits per heavy atom. The SMILES string of the molecule is COC(=O)C(c1cc(Cl)c(O)c(Cl)c1)N1CC(NC(=O)Cc2cccs2)C1=O. The topological polar surface area (TPSA) is 95.9 Å². The maximum Gasteiger partial charge on any atom is 0.333 e. The average molecular weight is 443 g/mol. The maximum atomic E-state index is 12.6. The molecule has 0 radical (unpaired) electrons. The largest absolute Gasteiger partial charge is 0.505 e. The van der Waals surface area contributed by atoms with E-state index in [1.54, 1.807) is 0 Å². The minimum Gasteiger partial charge on any atom is -0.505 e. The molecular weight excluding hydrogens is 427 g/mol. The minimum absolute atomic E-state index is 0.0508. The molecule has 2 amide bonds. The van der Waals surface area contributed by atoms with Gasteiger partial charge < -0.3 is 20.1 Å². The number of nitrogens with zero attached hydrogens (tertiary/aromatic N) is 1. The Morgan fingerprint density at radius 1 is 1.39 bits per heavy atom. The molecule has 1 aliphatic rings. The lowest BCUT2D eigenvalue weighted by molar-refractivity contribution is -0.162. The Balaban J connectivity index is 1.72. The zero-order chi connectivity index (χ0) is 20.4. The predicted molar refractivity (Wildman–Crippen MR) is 105 cm³/mol. The molecule has 1 aromatic heterocycles. The van der Waals surface area contributed by atoms with E-state index >= 15 is 0 Å². The number of carbonyl (C=O) groups excluding carboxylic acids is 3. The summed E-state index contributed by atoms with van der Waals surface area (Å²) in [6.07, 6.45) is 0.186. The average Bonchev–Trinajstić information content (AvgIpc) is 3.17. The van der Waals surface area contributed by atoms with Crippen molar-refractivity contribution >= 4 is 52.3 Å². The predicted octanol–water partition coefficient (Wildman–Crippen LogP) is 2.54. The summed E-state index contributed by atoms with van der Waals surface area (Å²) in [5, 5.41) is 14.1. The van der Waals surface area contributed by atoms with Gasteiger partial charge in [0.1, 0.15) is 6.04 Å². The fraction of sp³-hybridized carbons (Fsp3) is 0.278. The molecule has 3 rings (SSSR count). The molecule has 2 atom stereocenters. The highest BCUT2D eigenvalue weighted by Crippen LogP contribution is 2.37. The van der Waals surface area contributed by atoms with E-state index in [9.17, 15) is 19.5 Å². The van der Waals surface area contributed by atoms with Crippen LogP contribution in [0.3, 0.4) is 0 Å². The first-order valence-corrected chi connectivity index (χ1v) is 9.83. The number of ether oxygens (including phenoxy) is 1. The highest BCUT2D eigenvalue weighted by Gasteiger charge is 2.45. The van der Waals surface area contributed by atoms with Crippen LogP contribution in [-0.4, -0.2) is 47.5 Å². The Morgan fingerprint density at radius 2 is 2.07 bits per heavy atom. The molecule has 1 saturated heterocycles. The van der Waals surface area contributed by atoms with Crippen molar-refractivity contribution < 1.29 is 24.2 Å². The van der Waals surface area contributed by atoms with Gasteiger partial charge in [0.25, 0.3) is 0 Å². The van der Waals surface area contributed by atoms with Gasteiger partial charge in [-0.05, 0) is 29.1 Å². The Hall–Kier alpha value is -2.29. The summed E-state index contributed by atoms with van der Waals surface area (Å²) in [5.41, 5.74) is 0.302. The van der Waals surface area contributed by atoms with Crippen molar-refractivity contribution in [2.24, 2.45) is 0 Å². The van der Waals surface area contributed by atoms with Crippen molar-refractivity contribution in [2.45, 2.75) is 18.5 Å². The van der Waals surface area contributed by atoms with E-state index in [-0.39, 0.29) is 34.7 Å². The second-order valence-electron chi connectivity index (χ2n) is 6.13. The van der Waals surface area contributed by atoms with E-state index in [1.807, 2.05) is 17.5 Å². The summed E-state index contributed by atoms with van der Waals surface area (Å²) in [7, 11) is 1.20. The number of thiophene rings is 1.